The zero-order chi connectivity index (χ0) is 20.1. The maximum Gasteiger partial charge on any atom is 0.325 e. The first-order chi connectivity index (χ1) is 13.5. The van der Waals surface area contributed by atoms with Crippen LogP contribution in [0.3, 0.4) is 0 Å². The van der Waals surface area contributed by atoms with E-state index < -0.39 is 5.97 Å². The predicted molar refractivity (Wildman–Crippen MR) is 106 cm³/mol. The summed E-state index contributed by atoms with van der Waals surface area (Å²) in [5.41, 5.74) is 0.680. The van der Waals surface area contributed by atoms with Gasteiger partial charge in [0.25, 0.3) is 5.56 Å². The minimum atomic E-state index is -0.567. The molecule has 0 spiro atoms. The van der Waals surface area contributed by atoms with Crippen molar-refractivity contribution >= 4 is 34.4 Å². The number of esters is 1. The average molecular weight is 398 g/mol. The lowest BCUT2D eigenvalue weighted by Crippen LogP contribution is -2.27. The molecule has 8 heteroatoms. The Labute approximate surface area is 165 Å². The van der Waals surface area contributed by atoms with Crippen molar-refractivity contribution < 1.29 is 19.1 Å². The van der Waals surface area contributed by atoms with Gasteiger partial charge in [-0.3, -0.25) is 19.0 Å². The number of rotatable bonds is 7. The van der Waals surface area contributed by atoms with Gasteiger partial charge in [-0.25, -0.2) is 4.98 Å². The van der Waals surface area contributed by atoms with Gasteiger partial charge in [0.05, 0.1) is 30.9 Å². The molecule has 1 heterocycles. The third-order valence-electron chi connectivity index (χ3n) is 4.09. The Morgan fingerprint density at radius 2 is 1.79 bits per heavy atom. The van der Waals surface area contributed by atoms with Crippen molar-refractivity contribution in [3.63, 3.8) is 0 Å². The number of aromatic nitrogens is 2. The first-order valence-electron chi connectivity index (χ1n) is 8.40. The minimum absolute atomic E-state index is 0.0677. The van der Waals surface area contributed by atoms with Gasteiger partial charge in [0.15, 0.2) is 10.9 Å². The van der Waals surface area contributed by atoms with Gasteiger partial charge >= 0.3 is 5.97 Å². The van der Waals surface area contributed by atoms with Gasteiger partial charge in [-0.15, -0.1) is 0 Å². The minimum Gasteiger partial charge on any atom is -0.497 e. The van der Waals surface area contributed by atoms with E-state index in [1.807, 2.05) is 0 Å². The molecule has 0 amide bonds. The van der Waals surface area contributed by atoms with Crippen LogP contribution in [-0.2, 0) is 16.1 Å². The van der Waals surface area contributed by atoms with Crippen LogP contribution in [0.4, 0.5) is 0 Å². The smallest absolute Gasteiger partial charge is 0.325 e. The third kappa shape index (κ3) is 4.23. The van der Waals surface area contributed by atoms with Crippen LogP contribution >= 0.6 is 11.8 Å². The van der Waals surface area contributed by atoms with Crippen molar-refractivity contribution in [1.29, 1.82) is 0 Å². The van der Waals surface area contributed by atoms with E-state index in [4.69, 9.17) is 4.74 Å². The number of fused-ring (bicyclic) bond motifs is 1. The number of carbonyl (C=O) groups excluding carboxylic acids is 2. The molecule has 2 aromatic carbocycles. The SMILES string of the molecule is COC(=O)Cn1c(SCC(=O)c2ccc(OC)cc2)nc2ccccc2c1=O. The Morgan fingerprint density at radius 1 is 1.07 bits per heavy atom. The lowest BCUT2D eigenvalue weighted by molar-refractivity contribution is -0.141. The van der Waals surface area contributed by atoms with Gasteiger partial charge in [-0.1, -0.05) is 23.9 Å². The Balaban J connectivity index is 1.89. The number of nitrogens with zero attached hydrogens (tertiary/aromatic N) is 2. The number of methoxy groups -OCH3 is 2. The molecule has 0 aliphatic rings. The number of carbonyl (C=O) groups is 2. The van der Waals surface area contributed by atoms with Gasteiger partial charge < -0.3 is 9.47 Å². The number of thioether (sulfide) groups is 1. The van der Waals surface area contributed by atoms with E-state index in [1.165, 1.54) is 11.7 Å². The lowest BCUT2D eigenvalue weighted by Gasteiger charge is -2.12. The molecule has 28 heavy (non-hydrogen) atoms. The normalized spacial score (nSPS) is 10.6. The highest BCUT2D eigenvalue weighted by Crippen LogP contribution is 2.20. The Hall–Kier alpha value is -3.13. The fourth-order valence-electron chi connectivity index (χ4n) is 2.58. The van der Waals surface area contributed by atoms with Crippen LogP contribution in [0.2, 0.25) is 0 Å². The Morgan fingerprint density at radius 3 is 2.46 bits per heavy atom. The average Bonchev–Trinajstić information content (AvgIpc) is 2.74. The van der Waals surface area contributed by atoms with E-state index in [0.717, 1.165) is 11.8 Å². The number of benzene rings is 2. The monoisotopic (exact) mass is 398 g/mol. The van der Waals surface area contributed by atoms with Crippen molar-refractivity contribution in [2.75, 3.05) is 20.0 Å². The second kappa shape index (κ2) is 8.71. The maximum absolute atomic E-state index is 12.8. The summed E-state index contributed by atoms with van der Waals surface area (Å²) in [5, 5.41) is 0.688. The molecule has 0 fully saturated rings. The predicted octanol–water partition coefficient (Wildman–Crippen LogP) is 2.55. The Kier molecular flexibility index (Phi) is 6.10. The van der Waals surface area contributed by atoms with Crippen LogP contribution in [0, 0.1) is 0 Å². The van der Waals surface area contributed by atoms with Gasteiger partial charge in [0.2, 0.25) is 0 Å². The number of para-hydroxylation sites is 1. The summed E-state index contributed by atoms with van der Waals surface area (Å²) in [6, 6.07) is 13.6. The number of Topliss-reactive ketones (excluding diaryl/α,β-unsaturated/α-hetero) is 1. The van der Waals surface area contributed by atoms with E-state index in [2.05, 4.69) is 9.72 Å². The topological polar surface area (TPSA) is 87.5 Å². The summed E-state index contributed by atoms with van der Waals surface area (Å²) in [5.74, 6) is 0.0349. The number of hydrogen-bond acceptors (Lipinski definition) is 7. The molecule has 0 bridgehead atoms. The second-order valence-electron chi connectivity index (χ2n) is 5.82. The molecule has 0 radical (unpaired) electrons. The van der Waals surface area contributed by atoms with Crippen molar-refractivity contribution in [1.82, 2.24) is 9.55 Å². The molecule has 0 N–H and O–H groups in total. The number of hydrogen-bond donors (Lipinski definition) is 0. The third-order valence-corrected chi connectivity index (χ3v) is 5.06. The van der Waals surface area contributed by atoms with E-state index in [1.54, 1.807) is 55.6 Å². The maximum atomic E-state index is 12.8. The van der Waals surface area contributed by atoms with Crippen molar-refractivity contribution in [3.05, 3.63) is 64.4 Å². The number of ketones is 1. The van der Waals surface area contributed by atoms with Gasteiger partial charge in [0, 0.05) is 5.56 Å². The summed E-state index contributed by atoms with van der Waals surface area (Å²) < 4.78 is 11.0. The van der Waals surface area contributed by atoms with Crippen molar-refractivity contribution in [3.8, 4) is 5.75 Å². The van der Waals surface area contributed by atoms with E-state index in [0.29, 0.717) is 22.2 Å². The van der Waals surface area contributed by atoms with Crippen LogP contribution in [0.5, 0.6) is 5.75 Å². The van der Waals surface area contributed by atoms with Gasteiger partial charge in [0.1, 0.15) is 12.3 Å². The molecule has 0 atom stereocenters. The van der Waals surface area contributed by atoms with Gasteiger partial charge in [-0.2, -0.15) is 0 Å². The molecule has 144 valence electrons. The van der Waals surface area contributed by atoms with Crippen LogP contribution in [-0.4, -0.2) is 41.3 Å². The fourth-order valence-corrected chi connectivity index (χ4v) is 3.47. The molecule has 1 aromatic heterocycles. The molecule has 3 rings (SSSR count). The van der Waals surface area contributed by atoms with Crippen LogP contribution in [0.15, 0.2) is 58.5 Å². The zero-order valence-electron chi connectivity index (χ0n) is 15.4. The quantitative estimate of drug-likeness (QED) is 0.262. The molecular formula is C20H18N2O5S. The first-order valence-corrected chi connectivity index (χ1v) is 9.38. The van der Waals surface area contributed by atoms with E-state index in [-0.39, 0.29) is 28.8 Å². The highest BCUT2D eigenvalue weighted by atomic mass is 32.2. The molecule has 0 aliphatic heterocycles. The van der Waals surface area contributed by atoms with Gasteiger partial charge in [-0.05, 0) is 36.4 Å². The van der Waals surface area contributed by atoms with Crippen LogP contribution in [0.1, 0.15) is 10.4 Å². The summed E-state index contributed by atoms with van der Waals surface area (Å²) in [6.45, 7) is -0.272. The second-order valence-corrected chi connectivity index (χ2v) is 6.76. The van der Waals surface area contributed by atoms with E-state index in [9.17, 15) is 14.4 Å². The fraction of sp³-hybridized carbons (Fsp3) is 0.200. The molecule has 0 unspecified atom stereocenters. The van der Waals surface area contributed by atoms with E-state index >= 15 is 0 Å². The largest absolute Gasteiger partial charge is 0.497 e. The number of ether oxygens (including phenoxy) is 2. The van der Waals surface area contributed by atoms with Crippen molar-refractivity contribution in [2.45, 2.75) is 11.7 Å². The molecule has 0 saturated heterocycles. The summed E-state index contributed by atoms with van der Waals surface area (Å²) in [6.07, 6.45) is 0. The lowest BCUT2D eigenvalue weighted by atomic mass is 10.1. The molecule has 0 saturated carbocycles. The molecule has 3 aromatic rings. The highest BCUT2D eigenvalue weighted by Gasteiger charge is 2.16. The zero-order valence-corrected chi connectivity index (χ0v) is 16.2. The molecular weight excluding hydrogens is 380 g/mol. The molecule has 0 aliphatic carbocycles. The van der Waals surface area contributed by atoms with Crippen molar-refractivity contribution in [2.24, 2.45) is 0 Å². The summed E-state index contributed by atoms with van der Waals surface area (Å²) in [4.78, 5) is 41.5. The summed E-state index contributed by atoms with van der Waals surface area (Å²) in [7, 11) is 2.81. The Bertz CT molecular complexity index is 1080. The standard InChI is InChI=1S/C20H18N2O5S/c1-26-14-9-7-13(8-10-14)17(23)12-28-20-21-16-6-4-3-5-15(16)19(25)22(20)11-18(24)27-2/h3-10H,11-12H2,1-2H3. The van der Waals surface area contributed by atoms with Crippen LogP contribution in [0.25, 0.3) is 10.9 Å². The first kappa shape index (κ1) is 19.6. The summed E-state index contributed by atoms with van der Waals surface area (Å²) >= 11 is 1.10. The highest BCUT2D eigenvalue weighted by molar-refractivity contribution is 7.99. The molecule has 7 nitrogen and oxygen atoms in total. The van der Waals surface area contributed by atoms with Crippen LogP contribution < -0.4 is 10.3 Å².